The average Bonchev–Trinajstić information content (AvgIpc) is 2.46. The zero-order valence-electron chi connectivity index (χ0n) is 11.8. The Balaban J connectivity index is 2.32. The number of aliphatic hydroxyl groups is 1. The molecule has 1 fully saturated rings. The van der Waals surface area contributed by atoms with Gasteiger partial charge in [-0.1, -0.05) is 13.0 Å². The molecule has 0 bridgehead atoms. The van der Waals surface area contributed by atoms with E-state index in [1.165, 1.54) is 16.4 Å². The Morgan fingerprint density at radius 1 is 1.19 bits per heavy atom. The van der Waals surface area contributed by atoms with Crippen LogP contribution in [0.15, 0.2) is 23.1 Å². The molecular formula is C13H19NO5S2. The SMILES string of the molecule is CCc1ccc(S(=O)(=O)N2CCS(=O)(=O)CC2)cc1CO. The van der Waals surface area contributed by atoms with Crippen LogP contribution in [0.25, 0.3) is 0 Å². The fourth-order valence-electron chi connectivity index (χ4n) is 2.34. The van der Waals surface area contributed by atoms with Crippen LogP contribution in [-0.4, -0.2) is 50.8 Å². The monoisotopic (exact) mass is 333 g/mol. The summed E-state index contributed by atoms with van der Waals surface area (Å²) < 4.78 is 49.0. The topological polar surface area (TPSA) is 91.8 Å². The quantitative estimate of drug-likeness (QED) is 0.847. The van der Waals surface area contributed by atoms with Crippen molar-refractivity contribution in [1.29, 1.82) is 0 Å². The van der Waals surface area contributed by atoms with Gasteiger partial charge in [-0.15, -0.1) is 0 Å². The molecule has 21 heavy (non-hydrogen) atoms. The molecule has 0 atom stereocenters. The number of hydrogen-bond acceptors (Lipinski definition) is 5. The van der Waals surface area contributed by atoms with E-state index < -0.39 is 19.9 Å². The van der Waals surface area contributed by atoms with E-state index in [0.29, 0.717) is 12.0 Å². The first-order valence-electron chi connectivity index (χ1n) is 6.73. The molecule has 0 unspecified atom stereocenters. The van der Waals surface area contributed by atoms with Crippen LogP contribution in [0.2, 0.25) is 0 Å². The second kappa shape index (κ2) is 6.04. The van der Waals surface area contributed by atoms with Crippen molar-refractivity contribution in [3.8, 4) is 0 Å². The Kier molecular flexibility index (Phi) is 4.72. The summed E-state index contributed by atoms with van der Waals surface area (Å²) in [5, 5.41) is 9.33. The van der Waals surface area contributed by atoms with Crippen molar-refractivity contribution >= 4 is 19.9 Å². The summed E-state index contributed by atoms with van der Waals surface area (Å²) in [6.07, 6.45) is 0.707. The Hall–Kier alpha value is -0.960. The number of sulfone groups is 1. The Morgan fingerprint density at radius 2 is 1.81 bits per heavy atom. The Labute approximate surface area is 125 Å². The normalized spacial score (nSPS) is 19.5. The molecule has 1 heterocycles. The summed E-state index contributed by atoms with van der Waals surface area (Å²) in [7, 11) is -6.84. The second-order valence-corrected chi connectivity index (χ2v) is 9.24. The lowest BCUT2D eigenvalue weighted by Crippen LogP contribution is -2.43. The fourth-order valence-corrected chi connectivity index (χ4v) is 5.26. The molecule has 0 spiro atoms. The first-order valence-corrected chi connectivity index (χ1v) is 9.99. The first-order chi connectivity index (χ1) is 9.80. The zero-order valence-corrected chi connectivity index (χ0v) is 13.5. The predicted octanol–water partition coefficient (Wildman–Crippen LogP) is 0.160. The summed E-state index contributed by atoms with van der Waals surface area (Å²) in [5.74, 6) is -0.293. The van der Waals surface area contributed by atoms with Crippen molar-refractivity contribution in [2.24, 2.45) is 0 Å². The Morgan fingerprint density at radius 3 is 2.33 bits per heavy atom. The Bertz CT molecular complexity index is 711. The van der Waals surface area contributed by atoms with E-state index in [1.807, 2.05) is 6.92 Å². The third kappa shape index (κ3) is 3.45. The van der Waals surface area contributed by atoms with Gasteiger partial charge in [-0.2, -0.15) is 4.31 Å². The van der Waals surface area contributed by atoms with Crippen LogP contribution in [0, 0.1) is 0 Å². The number of benzene rings is 1. The lowest BCUT2D eigenvalue weighted by Gasteiger charge is -2.26. The molecular weight excluding hydrogens is 314 g/mol. The number of aryl methyl sites for hydroxylation is 1. The molecule has 0 saturated carbocycles. The van der Waals surface area contributed by atoms with E-state index in [2.05, 4.69) is 0 Å². The summed E-state index contributed by atoms with van der Waals surface area (Å²) >= 11 is 0. The standard InChI is InChI=1S/C13H19NO5S2/c1-2-11-3-4-13(9-12(11)10-15)21(18,19)14-5-7-20(16,17)8-6-14/h3-4,9,15H,2,5-8,10H2,1H3. The van der Waals surface area contributed by atoms with Crippen LogP contribution in [0.4, 0.5) is 0 Å². The molecule has 6 nitrogen and oxygen atoms in total. The lowest BCUT2D eigenvalue weighted by molar-refractivity contribution is 0.280. The summed E-state index contributed by atoms with van der Waals surface area (Å²) in [6, 6.07) is 4.67. The van der Waals surface area contributed by atoms with Gasteiger partial charge in [0, 0.05) is 13.1 Å². The molecule has 1 saturated heterocycles. The van der Waals surface area contributed by atoms with Gasteiger partial charge in [-0.3, -0.25) is 0 Å². The minimum Gasteiger partial charge on any atom is -0.392 e. The van der Waals surface area contributed by atoms with E-state index in [1.54, 1.807) is 6.07 Å². The molecule has 118 valence electrons. The van der Waals surface area contributed by atoms with E-state index in [0.717, 1.165) is 5.56 Å². The number of hydrogen-bond donors (Lipinski definition) is 1. The third-order valence-corrected chi connectivity index (χ3v) is 7.17. The van der Waals surface area contributed by atoms with Crippen LogP contribution >= 0.6 is 0 Å². The van der Waals surface area contributed by atoms with Crippen molar-refractivity contribution < 1.29 is 21.9 Å². The highest BCUT2D eigenvalue weighted by Crippen LogP contribution is 2.22. The first kappa shape index (κ1) is 16.4. The number of nitrogens with zero attached hydrogens (tertiary/aromatic N) is 1. The molecule has 1 N–H and O–H groups in total. The number of rotatable bonds is 4. The maximum absolute atomic E-state index is 12.5. The molecule has 8 heteroatoms. The van der Waals surface area contributed by atoms with Crippen LogP contribution in [0.1, 0.15) is 18.1 Å². The van der Waals surface area contributed by atoms with Crippen molar-refractivity contribution in [2.45, 2.75) is 24.8 Å². The molecule has 0 amide bonds. The highest BCUT2D eigenvalue weighted by molar-refractivity contribution is 7.92. The molecule has 1 aliphatic rings. The molecule has 0 radical (unpaired) electrons. The van der Waals surface area contributed by atoms with Gasteiger partial charge in [0.15, 0.2) is 9.84 Å². The summed E-state index contributed by atoms with van der Waals surface area (Å²) in [4.78, 5) is 0.100. The van der Waals surface area contributed by atoms with E-state index >= 15 is 0 Å². The largest absolute Gasteiger partial charge is 0.392 e. The van der Waals surface area contributed by atoms with Gasteiger partial charge in [0.1, 0.15) is 0 Å². The molecule has 1 aliphatic heterocycles. The van der Waals surface area contributed by atoms with Crippen molar-refractivity contribution in [3.63, 3.8) is 0 Å². The predicted molar refractivity (Wildman–Crippen MR) is 79.2 cm³/mol. The summed E-state index contributed by atoms with van der Waals surface area (Å²) in [6.45, 7) is 1.67. The van der Waals surface area contributed by atoms with Gasteiger partial charge in [0.2, 0.25) is 10.0 Å². The van der Waals surface area contributed by atoms with Gasteiger partial charge in [0.25, 0.3) is 0 Å². The van der Waals surface area contributed by atoms with E-state index in [4.69, 9.17) is 0 Å². The van der Waals surface area contributed by atoms with E-state index in [9.17, 15) is 21.9 Å². The smallest absolute Gasteiger partial charge is 0.243 e. The van der Waals surface area contributed by atoms with Crippen molar-refractivity contribution in [2.75, 3.05) is 24.6 Å². The number of sulfonamides is 1. The molecule has 1 aromatic carbocycles. The number of aliphatic hydroxyl groups excluding tert-OH is 1. The molecule has 1 aromatic rings. The zero-order chi connectivity index (χ0) is 15.7. The van der Waals surface area contributed by atoms with Crippen LogP contribution in [0.3, 0.4) is 0 Å². The fraction of sp³-hybridized carbons (Fsp3) is 0.538. The van der Waals surface area contributed by atoms with Gasteiger partial charge in [-0.25, -0.2) is 16.8 Å². The minimum atomic E-state index is -3.71. The third-order valence-electron chi connectivity index (χ3n) is 3.67. The van der Waals surface area contributed by atoms with Crippen molar-refractivity contribution in [3.05, 3.63) is 29.3 Å². The highest BCUT2D eigenvalue weighted by atomic mass is 32.2. The lowest BCUT2D eigenvalue weighted by atomic mass is 10.1. The second-order valence-electron chi connectivity index (χ2n) is 5.00. The van der Waals surface area contributed by atoms with Gasteiger partial charge < -0.3 is 5.11 Å². The maximum Gasteiger partial charge on any atom is 0.243 e. The maximum atomic E-state index is 12.5. The minimum absolute atomic E-state index is 0.0192. The van der Waals surface area contributed by atoms with Gasteiger partial charge in [-0.05, 0) is 29.7 Å². The van der Waals surface area contributed by atoms with Crippen LogP contribution in [0.5, 0.6) is 0 Å². The molecule has 0 aliphatic carbocycles. The van der Waals surface area contributed by atoms with Crippen LogP contribution in [-0.2, 0) is 32.9 Å². The average molecular weight is 333 g/mol. The molecule has 2 rings (SSSR count). The van der Waals surface area contributed by atoms with Gasteiger partial charge in [0.05, 0.1) is 23.0 Å². The summed E-state index contributed by atoms with van der Waals surface area (Å²) in [5.41, 5.74) is 1.49. The van der Waals surface area contributed by atoms with E-state index in [-0.39, 0.29) is 36.1 Å². The van der Waals surface area contributed by atoms with Gasteiger partial charge >= 0.3 is 0 Å². The molecule has 0 aromatic heterocycles. The van der Waals surface area contributed by atoms with Crippen LogP contribution < -0.4 is 0 Å². The highest BCUT2D eigenvalue weighted by Gasteiger charge is 2.31. The van der Waals surface area contributed by atoms with Crippen molar-refractivity contribution in [1.82, 2.24) is 4.31 Å².